The van der Waals surface area contributed by atoms with Gasteiger partial charge in [-0.1, -0.05) is 77.6 Å². The summed E-state index contributed by atoms with van der Waals surface area (Å²) in [5, 5.41) is 0. The quantitative estimate of drug-likeness (QED) is 0.500. The van der Waals surface area contributed by atoms with Crippen LogP contribution in [0, 0.1) is 17.8 Å². The van der Waals surface area contributed by atoms with Gasteiger partial charge in [0.05, 0.1) is 0 Å². The molecule has 0 bridgehead atoms. The van der Waals surface area contributed by atoms with E-state index in [2.05, 4.69) is 6.92 Å². The fraction of sp³-hybridized carbons (Fsp3) is 1.00. The molecular weight excluding hydrogens is 204 g/mol. The number of unbranched alkanes of at least 4 members (excludes halogenated alkanes) is 4. The summed E-state index contributed by atoms with van der Waals surface area (Å²) in [6.07, 6.45) is 19.8. The zero-order valence-corrected chi connectivity index (χ0v) is 11.9. The molecule has 0 N–H and O–H groups in total. The Labute approximate surface area is 109 Å². The lowest BCUT2D eigenvalue weighted by molar-refractivity contribution is 0.124. The number of fused-ring (bicyclic) bond motifs is 1. The minimum atomic E-state index is 1.11. The number of hydrogen-bond acceptors (Lipinski definition) is 0. The molecule has 3 unspecified atom stereocenters. The highest BCUT2D eigenvalue weighted by Crippen LogP contribution is 2.43. The van der Waals surface area contributed by atoms with Crippen molar-refractivity contribution in [3.8, 4) is 0 Å². The second-order valence-electron chi connectivity index (χ2n) is 6.69. The lowest BCUT2D eigenvalue weighted by Gasteiger charge is -2.39. The van der Waals surface area contributed by atoms with E-state index in [9.17, 15) is 0 Å². The fourth-order valence-corrected chi connectivity index (χ4v) is 4.27. The van der Waals surface area contributed by atoms with E-state index in [-0.39, 0.29) is 0 Å². The normalized spacial score (nSPS) is 33.4. The van der Waals surface area contributed by atoms with Crippen LogP contribution in [0.15, 0.2) is 0 Å². The van der Waals surface area contributed by atoms with Crippen molar-refractivity contribution in [2.75, 3.05) is 0 Å². The number of rotatable bonds is 6. The van der Waals surface area contributed by atoms with Gasteiger partial charge in [-0.15, -0.1) is 0 Å². The first-order chi connectivity index (χ1) is 8.40. The van der Waals surface area contributed by atoms with Gasteiger partial charge >= 0.3 is 0 Å². The zero-order valence-electron chi connectivity index (χ0n) is 11.9. The third kappa shape index (κ3) is 4.30. The van der Waals surface area contributed by atoms with E-state index < -0.39 is 0 Å². The van der Waals surface area contributed by atoms with Crippen molar-refractivity contribution in [2.24, 2.45) is 17.8 Å². The van der Waals surface area contributed by atoms with E-state index in [1.54, 1.807) is 38.5 Å². The van der Waals surface area contributed by atoms with Crippen molar-refractivity contribution >= 4 is 0 Å². The molecule has 0 heterocycles. The third-order valence-electron chi connectivity index (χ3n) is 5.36. The van der Waals surface area contributed by atoms with E-state index >= 15 is 0 Å². The third-order valence-corrected chi connectivity index (χ3v) is 5.36. The lowest BCUT2D eigenvalue weighted by atomic mass is 9.67. The predicted octanol–water partition coefficient (Wildman–Crippen LogP) is 5.95. The average molecular weight is 236 g/mol. The van der Waals surface area contributed by atoms with Crippen molar-refractivity contribution in [1.29, 1.82) is 0 Å². The van der Waals surface area contributed by atoms with Crippen LogP contribution in [0.2, 0.25) is 0 Å². The molecule has 0 saturated heterocycles. The Morgan fingerprint density at radius 2 is 1.53 bits per heavy atom. The molecule has 0 spiro atoms. The topological polar surface area (TPSA) is 0 Å². The summed E-state index contributed by atoms with van der Waals surface area (Å²) in [5.41, 5.74) is 0. The zero-order chi connectivity index (χ0) is 11.9. The molecule has 0 aliphatic heterocycles. The van der Waals surface area contributed by atoms with Gasteiger partial charge in [0.25, 0.3) is 0 Å². The summed E-state index contributed by atoms with van der Waals surface area (Å²) >= 11 is 0. The molecule has 2 aliphatic carbocycles. The van der Waals surface area contributed by atoms with E-state index in [1.165, 1.54) is 44.9 Å². The van der Waals surface area contributed by atoms with Gasteiger partial charge in [0.1, 0.15) is 0 Å². The summed E-state index contributed by atoms with van der Waals surface area (Å²) < 4.78 is 0. The molecule has 2 rings (SSSR count). The molecular formula is C17H32. The Hall–Kier alpha value is 0. The summed E-state index contributed by atoms with van der Waals surface area (Å²) in [6, 6.07) is 0. The molecule has 0 nitrogen and oxygen atoms in total. The maximum atomic E-state index is 2.31. The van der Waals surface area contributed by atoms with Crippen LogP contribution in [0.3, 0.4) is 0 Å². The minimum absolute atomic E-state index is 1.11. The molecule has 2 aliphatic rings. The monoisotopic (exact) mass is 236 g/mol. The van der Waals surface area contributed by atoms with Gasteiger partial charge in [-0.05, 0) is 30.6 Å². The molecule has 3 atom stereocenters. The van der Waals surface area contributed by atoms with Crippen LogP contribution in [0.5, 0.6) is 0 Å². The van der Waals surface area contributed by atoms with Crippen molar-refractivity contribution in [1.82, 2.24) is 0 Å². The number of hydrogen-bond donors (Lipinski definition) is 0. The van der Waals surface area contributed by atoms with Crippen LogP contribution in [-0.2, 0) is 0 Å². The Morgan fingerprint density at radius 3 is 2.35 bits per heavy atom. The Bertz CT molecular complexity index is 196. The van der Waals surface area contributed by atoms with Crippen molar-refractivity contribution in [3.05, 3.63) is 0 Å². The molecule has 0 heteroatoms. The lowest BCUT2D eigenvalue weighted by Crippen LogP contribution is -2.27. The molecule has 0 radical (unpaired) electrons. The molecule has 2 fully saturated rings. The molecule has 0 aromatic rings. The van der Waals surface area contributed by atoms with Crippen LogP contribution < -0.4 is 0 Å². The van der Waals surface area contributed by atoms with Gasteiger partial charge in [-0.25, -0.2) is 0 Å². The summed E-state index contributed by atoms with van der Waals surface area (Å²) in [5.74, 6) is 3.38. The first kappa shape index (κ1) is 13.4. The molecule has 0 aromatic heterocycles. The highest BCUT2D eigenvalue weighted by Gasteiger charge is 2.31. The fourth-order valence-electron chi connectivity index (χ4n) is 4.27. The smallest absolute Gasteiger partial charge is 0.0383 e. The predicted molar refractivity (Wildman–Crippen MR) is 76.2 cm³/mol. The van der Waals surface area contributed by atoms with Crippen molar-refractivity contribution < 1.29 is 0 Å². The minimum Gasteiger partial charge on any atom is -0.0654 e. The van der Waals surface area contributed by atoms with Crippen LogP contribution in [0.1, 0.15) is 90.4 Å². The van der Waals surface area contributed by atoms with E-state index in [4.69, 9.17) is 0 Å². The van der Waals surface area contributed by atoms with Crippen LogP contribution in [0.4, 0.5) is 0 Å². The first-order valence-electron chi connectivity index (χ1n) is 8.40. The van der Waals surface area contributed by atoms with Gasteiger partial charge < -0.3 is 0 Å². The Morgan fingerprint density at radius 1 is 0.765 bits per heavy atom. The summed E-state index contributed by atoms with van der Waals surface area (Å²) in [7, 11) is 0. The maximum absolute atomic E-state index is 2.31. The molecule has 0 aromatic carbocycles. The van der Waals surface area contributed by atoms with E-state index in [0.29, 0.717) is 0 Å². The first-order valence-corrected chi connectivity index (χ1v) is 8.40. The largest absolute Gasteiger partial charge is 0.0654 e. The summed E-state index contributed by atoms with van der Waals surface area (Å²) in [4.78, 5) is 0. The van der Waals surface area contributed by atoms with Gasteiger partial charge in [0, 0.05) is 0 Å². The Kier molecular flexibility index (Phi) is 5.88. The second-order valence-corrected chi connectivity index (χ2v) is 6.69. The van der Waals surface area contributed by atoms with Crippen LogP contribution in [0.25, 0.3) is 0 Å². The summed E-state index contributed by atoms with van der Waals surface area (Å²) in [6.45, 7) is 2.31. The van der Waals surface area contributed by atoms with Gasteiger partial charge in [0.15, 0.2) is 0 Å². The van der Waals surface area contributed by atoms with Crippen molar-refractivity contribution in [3.63, 3.8) is 0 Å². The highest BCUT2D eigenvalue weighted by atomic mass is 14.4. The van der Waals surface area contributed by atoms with Gasteiger partial charge in [-0.3, -0.25) is 0 Å². The Balaban J connectivity index is 1.59. The van der Waals surface area contributed by atoms with Crippen LogP contribution in [-0.4, -0.2) is 0 Å². The molecule has 2 saturated carbocycles. The second kappa shape index (κ2) is 7.44. The van der Waals surface area contributed by atoms with E-state index in [1.807, 2.05) is 0 Å². The molecule has 17 heavy (non-hydrogen) atoms. The highest BCUT2D eigenvalue weighted by molar-refractivity contribution is 4.83. The average Bonchev–Trinajstić information content (AvgIpc) is 2.38. The maximum Gasteiger partial charge on any atom is -0.0383 e. The van der Waals surface area contributed by atoms with Gasteiger partial charge in [-0.2, -0.15) is 0 Å². The van der Waals surface area contributed by atoms with Gasteiger partial charge in [0.2, 0.25) is 0 Å². The molecule has 0 amide bonds. The van der Waals surface area contributed by atoms with Crippen LogP contribution >= 0.6 is 0 Å². The van der Waals surface area contributed by atoms with Crippen molar-refractivity contribution in [2.45, 2.75) is 90.4 Å². The standard InChI is InChI=1S/C17H32/c1-2-3-4-5-6-9-15-12-13-16-10-7-8-11-17(16)14-15/h15-17H,2-14H2,1H3. The molecule has 100 valence electrons. The van der Waals surface area contributed by atoms with E-state index in [0.717, 1.165) is 17.8 Å². The SMILES string of the molecule is CCCCCCCC1CCC2CCCCC2C1.